The molecule has 2 aliphatic carbocycles. The Bertz CT molecular complexity index is 836. The van der Waals surface area contributed by atoms with Crippen LogP contribution in [0.25, 0.3) is 0 Å². The van der Waals surface area contributed by atoms with Crippen molar-refractivity contribution in [1.29, 1.82) is 0 Å². The lowest BCUT2D eigenvalue weighted by atomic mass is 9.94. The number of ether oxygens (including phenoxy) is 2. The Kier molecular flexibility index (Phi) is 4.02. The molecule has 0 N–H and O–H groups in total. The lowest BCUT2D eigenvalue weighted by molar-refractivity contribution is -0.145. The molecule has 2 aromatic carbocycles. The van der Waals surface area contributed by atoms with Crippen LogP contribution in [0.1, 0.15) is 29.5 Å². The molecule has 126 valence electrons. The number of esters is 1. The fourth-order valence-corrected chi connectivity index (χ4v) is 3.91. The summed E-state index contributed by atoms with van der Waals surface area (Å²) in [6.45, 7) is 2.39. The molecule has 0 spiro atoms. The zero-order valence-corrected chi connectivity index (χ0v) is 14.0. The molecular formula is C20H18BFO3. The van der Waals surface area contributed by atoms with Crippen molar-refractivity contribution in [3.05, 3.63) is 58.9 Å². The maximum Gasteiger partial charge on any atom is 0.309 e. The molecule has 1 fully saturated rings. The first-order valence-corrected chi connectivity index (χ1v) is 8.54. The summed E-state index contributed by atoms with van der Waals surface area (Å²) >= 11 is 0. The third-order valence-corrected chi connectivity index (χ3v) is 5.12. The quantitative estimate of drug-likeness (QED) is 0.622. The highest BCUT2D eigenvalue weighted by molar-refractivity contribution is 6.32. The van der Waals surface area contributed by atoms with E-state index in [1.165, 1.54) is 23.3 Å². The second-order valence-electron chi connectivity index (χ2n) is 6.67. The zero-order chi connectivity index (χ0) is 17.6. The van der Waals surface area contributed by atoms with Crippen LogP contribution >= 0.6 is 0 Å². The van der Waals surface area contributed by atoms with Gasteiger partial charge in [0, 0.05) is 11.5 Å². The van der Waals surface area contributed by atoms with Crippen molar-refractivity contribution in [1.82, 2.24) is 0 Å². The minimum atomic E-state index is -0.325. The lowest BCUT2D eigenvalue weighted by Gasteiger charge is -2.12. The second-order valence-corrected chi connectivity index (χ2v) is 6.67. The van der Waals surface area contributed by atoms with Crippen LogP contribution in [0.15, 0.2) is 36.4 Å². The van der Waals surface area contributed by atoms with Crippen LogP contribution in [0.4, 0.5) is 4.39 Å². The maximum atomic E-state index is 13.8. The number of fused-ring (bicyclic) bond motifs is 3. The monoisotopic (exact) mass is 336 g/mol. The molecule has 2 aliphatic rings. The van der Waals surface area contributed by atoms with Gasteiger partial charge in [-0.15, -0.1) is 0 Å². The van der Waals surface area contributed by atoms with Crippen molar-refractivity contribution < 1.29 is 18.7 Å². The van der Waals surface area contributed by atoms with Crippen LogP contribution in [0.5, 0.6) is 5.75 Å². The topological polar surface area (TPSA) is 35.5 Å². The Hall–Kier alpha value is -2.30. The molecule has 0 saturated heterocycles. The van der Waals surface area contributed by atoms with E-state index < -0.39 is 0 Å². The molecule has 2 aromatic rings. The summed E-state index contributed by atoms with van der Waals surface area (Å²) in [5, 5.41) is 0. The van der Waals surface area contributed by atoms with E-state index in [9.17, 15) is 9.18 Å². The van der Waals surface area contributed by atoms with Crippen LogP contribution < -0.4 is 10.2 Å². The van der Waals surface area contributed by atoms with E-state index in [2.05, 4.69) is 0 Å². The summed E-state index contributed by atoms with van der Waals surface area (Å²) in [4.78, 5) is 11.9. The van der Waals surface area contributed by atoms with Gasteiger partial charge in [0.15, 0.2) is 0 Å². The van der Waals surface area contributed by atoms with Gasteiger partial charge in [0.05, 0.1) is 12.5 Å². The van der Waals surface area contributed by atoms with Gasteiger partial charge in [-0.3, -0.25) is 4.79 Å². The minimum Gasteiger partial charge on any atom is -0.489 e. The molecule has 3 atom stereocenters. The number of halogens is 1. The fourth-order valence-electron chi connectivity index (χ4n) is 3.91. The van der Waals surface area contributed by atoms with E-state index in [0.717, 1.165) is 6.42 Å². The van der Waals surface area contributed by atoms with Crippen molar-refractivity contribution in [3.8, 4) is 5.75 Å². The number of carbonyl (C=O) groups excluding carboxylic acids is 1. The molecule has 0 aromatic heterocycles. The summed E-state index contributed by atoms with van der Waals surface area (Å²) in [6.07, 6.45) is 0.868. The molecule has 1 saturated carbocycles. The standard InChI is InChI=1S/C20H18BFO3/c1-2-24-20(23)19-16-9-11-8-14(4-5-15(11)18(16)19)25-10-12-7-13(21)3-6-17(12)22/h3-8,16,18-19H,2,9-10H2,1H3/t16-,18+,19+/m1/s1. The zero-order valence-electron chi connectivity index (χ0n) is 14.0. The molecule has 25 heavy (non-hydrogen) atoms. The van der Waals surface area contributed by atoms with E-state index in [-0.39, 0.29) is 30.2 Å². The molecule has 0 bridgehead atoms. The number of rotatable bonds is 5. The van der Waals surface area contributed by atoms with Gasteiger partial charge in [-0.1, -0.05) is 23.7 Å². The highest BCUT2D eigenvalue weighted by atomic mass is 19.1. The normalized spacial score (nSPS) is 22.9. The van der Waals surface area contributed by atoms with Gasteiger partial charge in [0.25, 0.3) is 0 Å². The van der Waals surface area contributed by atoms with Gasteiger partial charge >= 0.3 is 5.97 Å². The van der Waals surface area contributed by atoms with Crippen molar-refractivity contribution in [2.45, 2.75) is 25.9 Å². The van der Waals surface area contributed by atoms with Crippen LogP contribution in [0.2, 0.25) is 0 Å². The largest absolute Gasteiger partial charge is 0.489 e. The SMILES string of the molecule is [B]c1ccc(F)c(COc2ccc3c(c2)C[C@H]2[C@H](C(=O)OCC)[C@@H]32)c1. The fraction of sp³-hybridized carbons (Fsp3) is 0.350. The molecule has 0 amide bonds. The Morgan fingerprint density at radius 3 is 2.92 bits per heavy atom. The predicted octanol–water partition coefficient (Wildman–Crippen LogP) is 2.65. The third-order valence-electron chi connectivity index (χ3n) is 5.12. The van der Waals surface area contributed by atoms with Crippen LogP contribution in [0, 0.1) is 17.7 Å². The van der Waals surface area contributed by atoms with E-state index in [4.69, 9.17) is 17.3 Å². The van der Waals surface area contributed by atoms with Crippen LogP contribution in [-0.4, -0.2) is 20.4 Å². The van der Waals surface area contributed by atoms with Crippen molar-refractivity contribution in [3.63, 3.8) is 0 Å². The van der Waals surface area contributed by atoms with Gasteiger partial charge < -0.3 is 9.47 Å². The first kappa shape index (κ1) is 16.2. The van der Waals surface area contributed by atoms with E-state index in [0.29, 0.717) is 29.3 Å². The van der Waals surface area contributed by atoms with Crippen LogP contribution in [0.3, 0.4) is 0 Å². The van der Waals surface area contributed by atoms with Crippen molar-refractivity contribution in [2.75, 3.05) is 6.61 Å². The lowest BCUT2D eigenvalue weighted by Crippen LogP contribution is -2.11. The summed E-state index contributed by atoms with van der Waals surface area (Å²) in [5.41, 5.74) is 3.37. The molecule has 0 heterocycles. The maximum absolute atomic E-state index is 13.8. The highest BCUT2D eigenvalue weighted by Gasteiger charge is 2.60. The molecule has 0 unspecified atom stereocenters. The average molecular weight is 336 g/mol. The number of carbonyl (C=O) groups is 1. The first-order valence-electron chi connectivity index (χ1n) is 8.54. The third kappa shape index (κ3) is 2.92. The summed E-state index contributed by atoms with van der Waals surface area (Å²) in [5.74, 6) is 0.954. The molecule has 3 nitrogen and oxygen atoms in total. The second kappa shape index (κ2) is 6.21. The van der Waals surface area contributed by atoms with Gasteiger partial charge in [0.2, 0.25) is 0 Å². The molecule has 2 radical (unpaired) electrons. The number of hydrogen-bond donors (Lipinski definition) is 0. The van der Waals surface area contributed by atoms with Crippen molar-refractivity contribution >= 4 is 19.3 Å². The Labute approximate surface area is 147 Å². The van der Waals surface area contributed by atoms with Crippen molar-refractivity contribution in [2.24, 2.45) is 11.8 Å². The molecule has 0 aliphatic heterocycles. The number of benzene rings is 2. The van der Waals surface area contributed by atoms with Gasteiger partial charge in [-0.25, -0.2) is 4.39 Å². The molecule has 4 rings (SSSR count). The summed E-state index contributed by atoms with van der Waals surface area (Å²) in [6, 6.07) is 10.4. The van der Waals surface area contributed by atoms with E-state index >= 15 is 0 Å². The van der Waals surface area contributed by atoms with E-state index in [1.807, 2.05) is 25.1 Å². The summed E-state index contributed by atoms with van der Waals surface area (Å²) in [7, 11) is 5.69. The van der Waals surface area contributed by atoms with Gasteiger partial charge in [0.1, 0.15) is 26.0 Å². The molecule has 5 heteroatoms. The Morgan fingerprint density at radius 2 is 2.12 bits per heavy atom. The number of hydrogen-bond acceptors (Lipinski definition) is 3. The average Bonchev–Trinajstić information content (AvgIpc) is 3.18. The first-order chi connectivity index (χ1) is 12.1. The van der Waals surface area contributed by atoms with Gasteiger partial charge in [-0.2, -0.15) is 0 Å². The Balaban J connectivity index is 1.44. The minimum absolute atomic E-state index is 0.0145. The summed E-state index contributed by atoms with van der Waals surface area (Å²) < 4.78 is 24.6. The Morgan fingerprint density at radius 1 is 1.28 bits per heavy atom. The van der Waals surface area contributed by atoms with E-state index in [1.54, 1.807) is 6.07 Å². The predicted molar refractivity (Wildman–Crippen MR) is 92.6 cm³/mol. The smallest absolute Gasteiger partial charge is 0.309 e. The van der Waals surface area contributed by atoms with Gasteiger partial charge in [-0.05, 0) is 48.6 Å². The molecular weight excluding hydrogens is 318 g/mol. The van der Waals surface area contributed by atoms with Crippen LogP contribution in [-0.2, 0) is 22.6 Å². The highest BCUT2D eigenvalue weighted by Crippen LogP contribution is 2.62.